The van der Waals surface area contributed by atoms with E-state index in [1.54, 1.807) is 0 Å². The van der Waals surface area contributed by atoms with Gasteiger partial charge in [0.2, 0.25) is 0 Å². The van der Waals surface area contributed by atoms with Crippen LogP contribution in [0.4, 0.5) is 0 Å². The van der Waals surface area contributed by atoms with E-state index in [-0.39, 0.29) is 53.1 Å². The van der Waals surface area contributed by atoms with Crippen molar-refractivity contribution in [1.82, 2.24) is 0 Å². The molecule has 206 valence electrons. The van der Waals surface area contributed by atoms with Crippen molar-refractivity contribution in [2.24, 2.45) is 22.7 Å². The van der Waals surface area contributed by atoms with Crippen LogP contribution in [-0.4, -0.2) is 36.2 Å². The van der Waals surface area contributed by atoms with E-state index in [4.69, 9.17) is 14.2 Å². The van der Waals surface area contributed by atoms with Crippen LogP contribution in [0.5, 0.6) is 0 Å². The maximum absolute atomic E-state index is 12.9. The molecule has 0 saturated heterocycles. The van der Waals surface area contributed by atoms with Crippen LogP contribution in [0.25, 0.3) is 0 Å². The SMILES string of the molecule is C=C1[C@@H](OC(=O)Cc2ccccc2)CC[C@@]2(C)C[C@H](OC(C)=O)C3=C(C)CC[C@@H]([C@@H](OC(C)=O)[C@H]12)C3(C)C. The topological polar surface area (TPSA) is 78.9 Å². The van der Waals surface area contributed by atoms with E-state index in [0.29, 0.717) is 12.8 Å². The molecule has 0 spiro atoms. The highest BCUT2D eigenvalue weighted by Crippen LogP contribution is 2.60. The van der Waals surface area contributed by atoms with Gasteiger partial charge in [-0.05, 0) is 66.6 Å². The molecule has 0 radical (unpaired) electrons. The van der Waals surface area contributed by atoms with Gasteiger partial charge in [-0.15, -0.1) is 0 Å². The molecule has 2 bridgehead atoms. The highest BCUT2D eigenvalue weighted by molar-refractivity contribution is 5.73. The Morgan fingerprint density at radius 1 is 0.947 bits per heavy atom. The highest BCUT2D eigenvalue weighted by atomic mass is 16.6. The van der Waals surface area contributed by atoms with E-state index < -0.39 is 12.2 Å². The average Bonchev–Trinajstić information content (AvgIpc) is 2.79. The molecule has 6 heteroatoms. The van der Waals surface area contributed by atoms with Crippen LogP contribution < -0.4 is 0 Å². The highest BCUT2D eigenvalue weighted by Gasteiger charge is 2.58. The summed E-state index contributed by atoms with van der Waals surface area (Å²) in [6, 6.07) is 9.55. The minimum absolute atomic E-state index is 0.00306. The van der Waals surface area contributed by atoms with Gasteiger partial charge >= 0.3 is 17.9 Å². The zero-order valence-electron chi connectivity index (χ0n) is 23.7. The Hall–Kier alpha value is -2.89. The fraction of sp³-hybridized carbons (Fsp3) is 0.594. The number of ether oxygens (including phenoxy) is 3. The van der Waals surface area contributed by atoms with E-state index >= 15 is 0 Å². The van der Waals surface area contributed by atoms with Crippen molar-refractivity contribution < 1.29 is 28.6 Å². The van der Waals surface area contributed by atoms with Crippen molar-refractivity contribution in [3.05, 3.63) is 59.2 Å². The molecule has 3 aliphatic rings. The lowest BCUT2D eigenvalue weighted by Gasteiger charge is -2.57. The second-order valence-electron chi connectivity index (χ2n) is 12.3. The van der Waals surface area contributed by atoms with Crippen LogP contribution >= 0.6 is 0 Å². The van der Waals surface area contributed by atoms with Crippen LogP contribution in [0, 0.1) is 22.7 Å². The standard InChI is InChI=1S/C32H42O6/c1-19-13-14-24-30(37-22(4)34)29-20(2)25(38-27(35)17-23-11-9-8-10-12-23)15-16-32(29,7)18-26(36-21(3)33)28(19)31(24,5)6/h8-12,24-26,29-30H,2,13-18H2,1,3-7H3/t24-,25-,26-,29-,30+,32-/m0/s1. The van der Waals surface area contributed by atoms with Gasteiger partial charge in [0.05, 0.1) is 6.42 Å². The molecular formula is C32H42O6. The van der Waals surface area contributed by atoms with Gasteiger partial charge in [0, 0.05) is 25.7 Å². The molecule has 4 rings (SSSR count). The van der Waals surface area contributed by atoms with Crippen LogP contribution in [0.3, 0.4) is 0 Å². The zero-order valence-corrected chi connectivity index (χ0v) is 23.7. The summed E-state index contributed by atoms with van der Waals surface area (Å²) in [6.45, 7) is 16.1. The second kappa shape index (κ2) is 10.7. The van der Waals surface area contributed by atoms with Gasteiger partial charge in [-0.3, -0.25) is 14.4 Å². The molecule has 0 amide bonds. The third-order valence-corrected chi connectivity index (χ3v) is 9.23. The Morgan fingerprint density at radius 2 is 1.61 bits per heavy atom. The van der Waals surface area contributed by atoms with Crippen molar-refractivity contribution >= 4 is 17.9 Å². The Balaban J connectivity index is 1.72. The van der Waals surface area contributed by atoms with Gasteiger partial charge in [0.25, 0.3) is 0 Å². The predicted molar refractivity (Wildman–Crippen MR) is 145 cm³/mol. The molecule has 0 aromatic heterocycles. The lowest BCUT2D eigenvalue weighted by atomic mass is 9.50. The Morgan fingerprint density at radius 3 is 2.24 bits per heavy atom. The van der Waals surface area contributed by atoms with Gasteiger partial charge in [0.15, 0.2) is 0 Å². The lowest BCUT2D eigenvalue weighted by molar-refractivity contribution is -0.171. The number of rotatable bonds is 5. The summed E-state index contributed by atoms with van der Waals surface area (Å²) < 4.78 is 18.2. The molecule has 0 N–H and O–H groups in total. The van der Waals surface area contributed by atoms with E-state index in [2.05, 4.69) is 34.3 Å². The quantitative estimate of drug-likeness (QED) is 0.263. The van der Waals surface area contributed by atoms with E-state index in [9.17, 15) is 14.4 Å². The average molecular weight is 523 g/mol. The summed E-state index contributed by atoms with van der Waals surface area (Å²) in [5.74, 6) is -1.15. The summed E-state index contributed by atoms with van der Waals surface area (Å²) in [5.41, 5.74) is 3.37. The maximum Gasteiger partial charge on any atom is 0.310 e. The normalized spacial score (nSPS) is 32.4. The number of benzene rings is 1. The molecule has 6 atom stereocenters. The number of hydrogen-bond donors (Lipinski definition) is 0. The van der Waals surface area contributed by atoms with Gasteiger partial charge < -0.3 is 14.2 Å². The third-order valence-electron chi connectivity index (χ3n) is 9.23. The molecular weight excluding hydrogens is 480 g/mol. The molecule has 2 saturated carbocycles. The van der Waals surface area contributed by atoms with Gasteiger partial charge in [-0.25, -0.2) is 0 Å². The monoisotopic (exact) mass is 522 g/mol. The first-order valence-corrected chi connectivity index (χ1v) is 13.8. The summed E-state index contributed by atoms with van der Waals surface area (Å²) in [7, 11) is 0. The first-order valence-electron chi connectivity index (χ1n) is 13.8. The Kier molecular flexibility index (Phi) is 7.92. The van der Waals surface area contributed by atoms with Crippen molar-refractivity contribution in [3.8, 4) is 0 Å². The van der Waals surface area contributed by atoms with Crippen LogP contribution in [0.1, 0.15) is 79.2 Å². The maximum atomic E-state index is 12.9. The second-order valence-corrected chi connectivity index (χ2v) is 12.3. The molecule has 0 aliphatic heterocycles. The number of carbonyl (C=O) groups is 3. The molecule has 0 heterocycles. The molecule has 1 aromatic rings. The molecule has 0 unspecified atom stereocenters. The molecule has 38 heavy (non-hydrogen) atoms. The van der Waals surface area contributed by atoms with Crippen LogP contribution in [0.2, 0.25) is 0 Å². The largest absolute Gasteiger partial charge is 0.462 e. The Bertz CT molecular complexity index is 1130. The molecule has 6 nitrogen and oxygen atoms in total. The van der Waals surface area contributed by atoms with Crippen molar-refractivity contribution in [3.63, 3.8) is 0 Å². The smallest absolute Gasteiger partial charge is 0.310 e. The van der Waals surface area contributed by atoms with E-state index in [0.717, 1.165) is 36.0 Å². The van der Waals surface area contributed by atoms with Crippen LogP contribution in [-0.2, 0) is 35.0 Å². The minimum atomic E-state index is -0.461. The minimum Gasteiger partial charge on any atom is -0.462 e. The fourth-order valence-corrected chi connectivity index (χ4v) is 7.67. The summed E-state index contributed by atoms with van der Waals surface area (Å²) >= 11 is 0. The lowest BCUT2D eigenvalue weighted by Crippen LogP contribution is -2.57. The number of carbonyl (C=O) groups excluding carboxylic acids is 3. The van der Waals surface area contributed by atoms with Gasteiger partial charge in [-0.1, -0.05) is 63.3 Å². The van der Waals surface area contributed by atoms with Gasteiger partial charge in [0.1, 0.15) is 18.3 Å². The molecule has 2 fully saturated rings. The summed E-state index contributed by atoms with van der Waals surface area (Å²) in [5, 5.41) is 0. The number of allylic oxidation sites excluding steroid dienone is 1. The fourth-order valence-electron chi connectivity index (χ4n) is 7.67. The van der Waals surface area contributed by atoms with Gasteiger partial charge in [-0.2, -0.15) is 0 Å². The zero-order chi connectivity index (χ0) is 27.8. The Labute approximate surface area is 226 Å². The van der Waals surface area contributed by atoms with Crippen molar-refractivity contribution in [1.29, 1.82) is 0 Å². The summed E-state index contributed by atoms with van der Waals surface area (Å²) in [6.07, 6.45) is 2.61. The van der Waals surface area contributed by atoms with Crippen molar-refractivity contribution in [2.45, 2.75) is 98.4 Å². The predicted octanol–water partition coefficient (Wildman–Crippen LogP) is 6.13. The number of fused-ring (bicyclic) bond motifs is 3. The first kappa shape index (κ1) is 28.1. The third kappa shape index (κ3) is 5.45. The molecule has 3 aliphatic carbocycles. The summed E-state index contributed by atoms with van der Waals surface area (Å²) in [4.78, 5) is 37.7. The first-order chi connectivity index (χ1) is 17.8. The number of esters is 3. The van der Waals surface area contributed by atoms with E-state index in [1.807, 2.05) is 30.3 Å². The van der Waals surface area contributed by atoms with Crippen molar-refractivity contribution in [2.75, 3.05) is 0 Å². The molecule has 1 aromatic carbocycles. The number of hydrogen-bond acceptors (Lipinski definition) is 6. The van der Waals surface area contributed by atoms with E-state index in [1.165, 1.54) is 19.4 Å². The van der Waals surface area contributed by atoms with Crippen LogP contribution in [0.15, 0.2) is 53.6 Å².